The van der Waals surface area contributed by atoms with Crippen LogP contribution >= 0.6 is 0 Å². The molecule has 58 valence electrons. The van der Waals surface area contributed by atoms with E-state index in [1.54, 1.807) is 6.07 Å². The molecule has 0 fully saturated rings. The third kappa shape index (κ3) is 1.87. The lowest BCUT2D eigenvalue weighted by Crippen LogP contribution is -1.85. The number of rotatable bonds is 1. The quantitative estimate of drug-likeness (QED) is 0.601. The Hall–Kier alpha value is -1.18. The van der Waals surface area contributed by atoms with Crippen LogP contribution in [0.3, 0.4) is 0 Å². The zero-order valence-electron chi connectivity index (χ0n) is 6.63. The monoisotopic (exact) mass is 151 g/mol. The smallest absolute Gasteiger partial charge is 0.141 e. The molecule has 0 aromatic carbocycles. The van der Waals surface area contributed by atoms with Gasteiger partial charge in [0.1, 0.15) is 5.82 Å². The molecular formula is C9H10FN. The first-order valence-electron chi connectivity index (χ1n) is 3.49. The summed E-state index contributed by atoms with van der Waals surface area (Å²) >= 11 is 0. The van der Waals surface area contributed by atoms with Crippen LogP contribution in [0, 0.1) is 5.82 Å². The molecule has 1 rings (SSSR count). The maximum atomic E-state index is 12.4. The summed E-state index contributed by atoms with van der Waals surface area (Å²) in [6, 6.07) is 3.08. The van der Waals surface area contributed by atoms with Crippen molar-refractivity contribution in [2.75, 3.05) is 0 Å². The first kappa shape index (κ1) is 7.92. The molecule has 0 radical (unpaired) electrons. The zero-order chi connectivity index (χ0) is 8.27. The molecule has 0 N–H and O–H groups in total. The van der Waals surface area contributed by atoms with Gasteiger partial charge < -0.3 is 0 Å². The summed E-state index contributed by atoms with van der Waals surface area (Å²) in [7, 11) is 0. The van der Waals surface area contributed by atoms with Crippen molar-refractivity contribution in [3.05, 3.63) is 35.9 Å². The predicted molar refractivity (Wildman–Crippen MR) is 43.5 cm³/mol. The van der Waals surface area contributed by atoms with Crippen molar-refractivity contribution in [1.29, 1.82) is 0 Å². The normalized spacial score (nSPS) is 11.7. The molecule has 11 heavy (non-hydrogen) atoms. The highest BCUT2D eigenvalue weighted by atomic mass is 19.1. The molecule has 0 saturated heterocycles. The van der Waals surface area contributed by atoms with Crippen molar-refractivity contribution in [2.45, 2.75) is 13.8 Å². The van der Waals surface area contributed by atoms with Crippen LogP contribution in [0.25, 0.3) is 5.57 Å². The van der Waals surface area contributed by atoms with Crippen LogP contribution in [-0.2, 0) is 0 Å². The summed E-state index contributed by atoms with van der Waals surface area (Å²) < 4.78 is 12.4. The van der Waals surface area contributed by atoms with E-state index in [4.69, 9.17) is 0 Å². The summed E-state index contributed by atoms with van der Waals surface area (Å²) in [5.74, 6) is -0.294. The Balaban J connectivity index is 2.99. The van der Waals surface area contributed by atoms with Crippen LogP contribution in [0.4, 0.5) is 4.39 Å². The first-order chi connectivity index (χ1) is 5.24. The van der Waals surface area contributed by atoms with E-state index in [2.05, 4.69) is 4.98 Å². The second-order valence-electron chi connectivity index (χ2n) is 2.33. The highest BCUT2D eigenvalue weighted by molar-refractivity contribution is 5.59. The minimum absolute atomic E-state index is 0.294. The fraction of sp³-hybridized carbons (Fsp3) is 0.222. The van der Waals surface area contributed by atoms with Gasteiger partial charge in [0.05, 0.1) is 11.9 Å². The molecule has 1 aromatic rings. The van der Waals surface area contributed by atoms with Crippen LogP contribution < -0.4 is 0 Å². The Labute approximate surface area is 65.6 Å². The Morgan fingerprint density at radius 1 is 1.55 bits per heavy atom. The first-order valence-corrected chi connectivity index (χ1v) is 3.49. The van der Waals surface area contributed by atoms with Gasteiger partial charge in [0, 0.05) is 0 Å². The van der Waals surface area contributed by atoms with E-state index in [1.807, 2.05) is 19.9 Å². The number of nitrogens with zero attached hydrogens (tertiary/aromatic N) is 1. The van der Waals surface area contributed by atoms with Crippen LogP contribution in [0.2, 0.25) is 0 Å². The molecule has 1 heterocycles. The molecule has 0 aliphatic rings. The van der Waals surface area contributed by atoms with Gasteiger partial charge >= 0.3 is 0 Å². The number of hydrogen-bond acceptors (Lipinski definition) is 1. The molecule has 0 aliphatic heterocycles. The topological polar surface area (TPSA) is 12.9 Å². The number of hydrogen-bond donors (Lipinski definition) is 0. The minimum atomic E-state index is -0.294. The number of pyridine rings is 1. The van der Waals surface area contributed by atoms with Gasteiger partial charge in [0.2, 0.25) is 0 Å². The maximum Gasteiger partial charge on any atom is 0.141 e. The van der Waals surface area contributed by atoms with Crippen LogP contribution in [-0.4, -0.2) is 4.98 Å². The molecule has 2 heteroatoms. The number of aromatic nitrogens is 1. The Bertz CT molecular complexity index is 261. The van der Waals surface area contributed by atoms with Gasteiger partial charge in [-0.3, -0.25) is 4.98 Å². The SMILES string of the molecule is CC=C(C)c1ccc(F)cn1. The zero-order valence-corrected chi connectivity index (χ0v) is 6.63. The highest BCUT2D eigenvalue weighted by Gasteiger charge is 1.94. The molecule has 0 saturated carbocycles. The van der Waals surface area contributed by atoms with Gasteiger partial charge in [-0.1, -0.05) is 6.08 Å². The summed E-state index contributed by atoms with van der Waals surface area (Å²) in [4.78, 5) is 3.91. The third-order valence-corrected chi connectivity index (χ3v) is 1.56. The van der Waals surface area contributed by atoms with E-state index < -0.39 is 0 Å². The highest BCUT2D eigenvalue weighted by Crippen LogP contribution is 2.09. The molecule has 0 spiro atoms. The van der Waals surface area contributed by atoms with E-state index in [1.165, 1.54) is 12.3 Å². The third-order valence-electron chi connectivity index (χ3n) is 1.56. The van der Waals surface area contributed by atoms with Crippen molar-refractivity contribution < 1.29 is 4.39 Å². The van der Waals surface area contributed by atoms with Crippen molar-refractivity contribution in [3.8, 4) is 0 Å². The van der Waals surface area contributed by atoms with Gasteiger partial charge in [-0.15, -0.1) is 0 Å². The van der Waals surface area contributed by atoms with E-state index >= 15 is 0 Å². The predicted octanol–water partition coefficient (Wildman–Crippen LogP) is 2.64. The summed E-state index contributed by atoms with van der Waals surface area (Å²) in [6.07, 6.45) is 3.17. The van der Waals surface area contributed by atoms with Crippen molar-refractivity contribution in [3.63, 3.8) is 0 Å². The lowest BCUT2D eigenvalue weighted by Gasteiger charge is -1.97. The van der Waals surface area contributed by atoms with Crippen LogP contribution in [0.1, 0.15) is 19.5 Å². The molecule has 0 unspecified atom stereocenters. The minimum Gasteiger partial charge on any atom is -0.254 e. The maximum absolute atomic E-state index is 12.4. The number of allylic oxidation sites excluding steroid dienone is 2. The second kappa shape index (κ2) is 3.28. The largest absolute Gasteiger partial charge is 0.254 e. The average molecular weight is 151 g/mol. The van der Waals surface area contributed by atoms with Crippen molar-refractivity contribution in [1.82, 2.24) is 4.98 Å². The van der Waals surface area contributed by atoms with Crippen molar-refractivity contribution >= 4 is 5.57 Å². The van der Waals surface area contributed by atoms with Crippen molar-refractivity contribution in [2.24, 2.45) is 0 Å². The van der Waals surface area contributed by atoms with E-state index in [9.17, 15) is 4.39 Å². The van der Waals surface area contributed by atoms with E-state index in [0.29, 0.717) is 0 Å². The van der Waals surface area contributed by atoms with Gasteiger partial charge in [-0.2, -0.15) is 0 Å². The van der Waals surface area contributed by atoms with Crippen LogP contribution in [0.5, 0.6) is 0 Å². The molecule has 0 bridgehead atoms. The lowest BCUT2D eigenvalue weighted by atomic mass is 10.2. The summed E-state index contributed by atoms with van der Waals surface area (Å²) in [5, 5.41) is 0. The molecule has 0 atom stereocenters. The molecule has 0 amide bonds. The Kier molecular flexibility index (Phi) is 2.36. The fourth-order valence-corrected chi connectivity index (χ4v) is 0.757. The lowest BCUT2D eigenvalue weighted by molar-refractivity contribution is 0.621. The number of halogens is 1. The molecule has 1 nitrogen and oxygen atoms in total. The second-order valence-corrected chi connectivity index (χ2v) is 2.33. The van der Waals surface area contributed by atoms with Gasteiger partial charge in [-0.05, 0) is 31.6 Å². The average Bonchev–Trinajstić information content (AvgIpc) is 2.05. The van der Waals surface area contributed by atoms with Gasteiger partial charge in [0.25, 0.3) is 0 Å². The van der Waals surface area contributed by atoms with Gasteiger partial charge in [0.15, 0.2) is 0 Å². The molecule has 1 aromatic heterocycles. The van der Waals surface area contributed by atoms with E-state index in [-0.39, 0.29) is 5.82 Å². The fourth-order valence-electron chi connectivity index (χ4n) is 0.757. The summed E-state index contributed by atoms with van der Waals surface area (Å²) in [6.45, 7) is 3.88. The molecule has 0 aliphatic carbocycles. The molecular weight excluding hydrogens is 141 g/mol. The standard InChI is InChI=1S/C9H10FN/c1-3-7(2)9-5-4-8(10)6-11-9/h3-6H,1-2H3. The van der Waals surface area contributed by atoms with Gasteiger partial charge in [-0.25, -0.2) is 4.39 Å². The van der Waals surface area contributed by atoms with E-state index in [0.717, 1.165) is 11.3 Å². The van der Waals surface area contributed by atoms with Crippen LogP contribution in [0.15, 0.2) is 24.4 Å². The Morgan fingerprint density at radius 2 is 2.27 bits per heavy atom. The Morgan fingerprint density at radius 3 is 2.73 bits per heavy atom. The summed E-state index contributed by atoms with van der Waals surface area (Å²) in [5.41, 5.74) is 1.89.